The van der Waals surface area contributed by atoms with Crippen LogP contribution in [-0.4, -0.2) is 12.6 Å². The van der Waals surface area contributed by atoms with E-state index in [9.17, 15) is 0 Å². The molecule has 3 atom stereocenters. The Morgan fingerprint density at radius 3 is 2.46 bits per heavy atom. The van der Waals surface area contributed by atoms with Gasteiger partial charge in [0, 0.05) is 6.04 Å². The van der Waals surface area contributed by atoms with Gasteiger partial charge in [0.05, 0.1) is 0 Å². The van der Waals surface area contributed by atoms with Crippen LogP contribution in [0.2, 0.25) is 0 Å². The molecule has 0 aromatic heterocycles. The van der Waals surface area contributed by atoms with E-state index in [4.69, 9.17) is 0 Å². The van der Waals surface area contributed by atoms with E-state index in [0.717, 1.165) is 23.8 Å². The smallest absolute Gasteiger partial charge is 0.00982 e. The largest absolute Gasteiger partial charge is 0.313 e. The second-order valence-electron chi connectivity index (χ2n) is 5.40. The van der Waals surface area contributed by atoms with Gasteiger partial charge in [-0.05, 0) is 56.4 Å². The van der Waals surface area contributed by atoms with Crippen molar-refractivity contribution in [3.8, 4) is 0 Å². The summed E-state index contributed by atoms with van der Waals surface area (Å²) in [5, 5.41) is 3.81. The molecule has 13 heavy (non-hydrogen) atoms. The van der Waals surface area contributed by atoms with Crippen molar-refractivity contribution in [3.05, 3.63) is 0 Å². The summed E-state index contributed by atoms with van der Waals surface area (Å²) in [4.78, 5) is 0. The molecule has 3 saturated carbocycles. The van der Waals surface area contributed by atoms with Crippen LogP contribution >= 0.6 is 0 Å². The van der Waals surface area contributed by atoms with E-state index in [-0.39, 0.29) is 0 Å². The van der Waals surface area contributed by atoms with Crippen LogP contribution in [-0.2, 0) is 0 Å². The molecule has 1 N–H and O–H groups in total. The van der Waals surface area contributed by atoms with Crippen molar-refractivity contribution in [1.82, 2.24) is 5.32 Å². The molecule has 0 saturated heterocycles. The summed E-state index contributed by atoms with van der Waals surface area (Å²) in [6, 6.07) is 0.922. The van der Waals surface area contributed by atoms with Crippen molar-refractivity contribution < 1.29 is 0 Å². The maximum Gasteiger partial charge on any atom is 0.00982 e. The Labute approximate surface area is 81.3 Å². The summed E-state index contributed by atoms with van der Waals surface area (Å²) in [7, 11) is 0. The summed E-state index contributed by atoms with van der Waals surface area (Å²) in [5.74, 6) is 3.26. The molecule has 0 aromatic carbocycles. The minimum Gasteiger partial charge on any atom is -0.313 e. The zero-order chi connectivity index (χ0) is 8.67. The minimum atomic E-state index is 0.922. The Hall–Kier alpha value is -0.0400. The first-order chi connectivity index (χ1) is 6.43. The van der Waals surface area contributed by atoms with Crippen molar-refractivity contribution >= 4 is 0 Å². The van der Waals surface area contributed by atoms with E-state index < -0.39 is 0 Å². The molecule has 0 heterocycles. The number of hydrogen-bond acceptors (Lipinski definition) is 1. The third kappa shape index (κ3) is 1.63. The van der Waals surface area contributed by atoms with Crippen molar-refractivity contribution in [2.75, 3.05) is 6.54 Å². The maximum atomic E-state index is 3.81. The Balaban J connectivity index is 1.42. The van der Waals surface area contributed by atoms with Crippen LogP contribution in [0.15, 0.2) is 0 Å². The number of rotatable bonds is 3. The van der Waals surface area contributed by atoms with Crippen molar-refractivity contribution in [2.24, 2.45) is 17.8 Å². The van der Waals surface area contributed by atoms with Gasteiger partial charge >= 0.3 is 0 Å². The summed E-state index contributed by atoms with van der Waals surface area (Å²) in [6.45, 7) is 1.33. The molecule has 1 heteroatoms. The van der Waals surface area contributed by atoms with Crippen LogP contribution in [0.4, 0.5) is 0 Å². The topological polar surface area (TPSA) is 12.0 Å². The second kappa shape index (κ2) is 3.27. The number of nitrogens with one attached hydrogen (secondary N) is 1. The van der Waals surface area contributed by atoms with Gasteiger partial charge < -0.3 is 5.32 Å². The number of hydrogen-bond donors (Lipinski definition) is 1. The molecule has 3 unspecified atom stereocenters. The normalized spacial score (nSPS) is 43.8. The molecule has 0 radical (unpaired) electrons. The van der Waals surface area contributed by atoms with E-state index in [1.807, 2.05) is 0 Å². The molecule has 3 aliphatic rings. The molecular formula is C12H21N. The molecule has 0 amide bonds. The molecule has 3 fully saturated rings. The first-order valence-corrected chi connectivity index (χ1v) is 6.17. The average Bonchev–Trinajstić information content (AvgIpc) is 2.64. The van der Waals surface area contributed by atoms with Gasteiger partial charge in [-0.15, -0.1) is 0 Å². The highest BCUT2D eigenvalue weighted by Crippen LogP contribution is 2.51. The Morgan fingerprint density at radius 1 is 1.00 bits per heavy atom. The SMILES string of the molecule is C1CCC(CNC2CCC3CC32)C1. The van der Waals surface area contributed by atoms with Gasteiger partial charge in [-0.2, -0.15) is 0 Å². The highest BCUT2D eigenvalue weighted by atomic mass is 14.9. The van der Waals surface area contributed by atoms with Gasteiger partial charge in [0.15, 0.2) is 0 Å². The van der Waals surface area contributed by atoms with Crippen LogP contribution in [0.1, 0.15) is 44.9 Å². The van der Waals surface area contributed by atoms with Crippen LogP contribution in [0, 0.1) is 17.8 Å². The van der Waals surface area contributed by atoms with Gasteiger partial charge in [0.1, 0.15) is 0 Å². The molecule has 1 nitrogen and oxygen atoms in total. The third-order valence-corrected chi connectivity index (χ3v) is 4.49. The molecular weight excluding hydrogens is 158 g/mol. The fraction of sp³-hybridized carbons (Fsp3) is 1.00. The standard InChI is InChI=1S/C12H21N/c1-2-4-9(3-1)8-13-12-6-5-10-7-11(10)12/h9-13H,1-8H2. The lowest BCUT2D eigenvalue weighted by Crippen LogP contribution is -2.32. The van der Waals surface area contributed by atoms with Crippen LogP contribution < -0.4 is 5.32 Å². The predicted molar refractivity (Wildman–Crippen MR) is 54.6 cm³/mol. The van der Waals surface area contributed by atoms with Gasteiger partial charge in [-0.3, -0.25) is 0 Å². The number of fused-ring (bicyclic) bond motifs is 1. The predicted octanol–water partition coefficient (Wildman–Crippen LogP) is 2.56. The van der Waals surface area contributed by atoms with E-state index in [1.165, 1.54) is 45.1 Å². The summed E-state index contributed by atoms with van der Waals surface area (Å²) in [5.41, 5.74) is 0. The molecule has 3 aliphatic carbocycles. The van der Waals surface area contributed by atoms with Gasteiger partial charge in [-0.1, -0.05) is 12.8 Å². The second-order valence-corrected chi connectivity index (χ2v) is 5.40. The highest BCUT2D eigenvalue weighted by molar-refractivity contribution is 5.01. The monoisotopic (exact) mass is 179 g/mol. The first kappa shape index (κ1) is 8.28. The van der Waals surface area contributed by atoms with E-state index >= 15 is 0 Å². The third-order valence-electron chi connectivity index (χ3n) is 4.49. The van der Waals surface area contributed by atoms with Crippen LogP contribution in [0.5, 0.6) is 0 Å². The molecule has 0 aliphatic heterocycles. The highest BCUT2D eigenvalue weighted by Gasteiger charge is 2.47. The van der Waals surface area contributed by atoms with E-state index in [1.54, 1.807) is 6.42 Å². The Bertz CT molecular complexity index is 184. The molecule has 0 bridgehead atoms. The fourth-order valence-corrected chi connectivity index (χ4v) is 3.49. The van der Waals surface area contributed by atoms with E-state index in [0.29, 0.717) is 0 Å². The van der Waals surface area contributed by atoms with Crippen LogP contribution in [0.25, 0.3) is 0 Å². The van der Waals surface area contributed by atoms with Crippen molar-refractivity contribution in [3.63, 3.8) is 0 Å². The quantitative estimate of drug-likeness (QED) is 0.702. The zero-order valence-electron chi connectivity index (χ0n) is 8.47. The lowest BCUT2D eigenvalue weighted by atomic mass is 10.1. The minimum absolute atomic E-state index is 0.922. The van der Waals surface area contributed by atoms with E-state index in [2.05, 4.69) is 5.32 Å². The molecule has 3 rings (SSSR count). The average molecular weight is 179 g/mol. The lowest BCUT2D eigenvalue weighted by molar-refractivity contribution is 0.410. The summed E-state index contributed by atoms with van der Waals surface area (Å²) in [6.07, 6.45) is 10.5. The van der Waals surface area contributed by atoms with Gasteiger partial charge in [0.25, 0.3) is 0 Å². The zero-order valence-corrected chi connectivity index (χ0v) is 8.47. The lowest BCUT2D eigenvalue weighted by Gasteiger charge is -2.17. The molecule has 0 spiro atoms. The van der Waals surface area contributed by atoms with Crippen molar-refractivity contribution in [1.29, 1.82) is 0 Å². The molecule has 0 aromatic rings. The Kier molecular flexibility index (Phi) is 2.08. The van der Waals surface area contributed by atoms with Gasteiger partial charge in [-0.25, -0.2) is 0 Å². The fourth-order valence-electron chi connectivity index (χ4n) is 3.49. The maximum absolute atomic E-state index is 3.81. The summed E-state index contributed by atoms with van der Waals surface area (Å²) < 4.78 is 0. The summed E-state index contributed by atoms with van der Waals surface area (Å²) >= 11 is 0. The van der Waals surface area contributed by atoms with Gasteiger partial charge in [0.2, 0.25) is 0 Å². The Morgan fingerprint density at radius 2 is 1.85 bits per heavy atom. The van der Waals surface area contributed by atoms with Crippen molar-refractivity contribution in [2.45, 2.75) is 51.0 Å². The first-order valence-electron chi connectivity index (χ1n) is 6.17. The van der Waals surface area contributed by atoms with Crippen LogP contribution in [0.3, 0.4) is 0 Å². The molecule has 74 valence electrons.